The summed E-state index contributed by atoms with van der Waals surface area (Å²) < 4.78 is 0. The molecule has 2 rings (SSSR count). The van der Waals surface area contributed by atoms with Gasteiger partial charge in [0.05, 0.1) is 13.2 Å². The lowest BCUT2D eigenvalue weighted by Gasteiger charge is -2.27. The first-order valence-corrected chi connectivity index (χ1v) is 7.96. The van der Waals surface area contributed by atoms with Gasteiger partial charge >= 0.3 is 0 Å². The number of aryl methyl sites for hydroxylation is 1. The molecule has 0 aromatic heterocycles. The fourth-order valence-corrected chi connectivity index (χ4v) is 2.91. The smallest absolute Gasteiger partial charge is 0.238 e. The molecule has 1 unspecified atom stereocenters. The van der Waals surface area contributed by atoms with Crippen molar-refractivity contribution in [3.8, 4) is 0 Å². The summed E-state index contributed by atoms with van der Waals surface area (Å²) in [4.78, 5) is 14.3. The molecule has 1 fully saturated rings. The number of hydrogen-bond donors (Lipinski definition) is 2. The zero-order valence-corrected chi connectivity index (χ0v) is 12.8. The van der Waals surface area contributed by atoms with Crippen molar-refractivity contribution in [2.45, 2.75) is 45.1 Å². The second-order valence-electron chi connectivity index (χ2n) is 5.76. The molecule has 1 aromatic carbocycles. The number of amides is 1. The molecule has 1 saturated heterocycles. The maximum atomic E-state index is 12.2. The van der Waals surface area contributed by atoms with Gasteiger partial charge in [0.1, 0.15) is 0 Å². The second-order valence-corrected chi connectivity index (χ2v) is 5.76. The molecular formula is C17H26N2O2. The molecule has 2 N–H and O–H groups in total. The van der Waals surface area contributed by atoms with Gasteiger partial charge in [-0.1, -0.05) is 31.9 Å². The van der Waals surface area contributed by atoms with Crippen LogP contribution in [0.2, 0.25) is 0 Å². The molecule has 4 heteroatoms. The number of carbonyl (C=O) groups is 1. The lowest BCUT2D eigenvalue weighted by atomic mass is 10.1. The van der Waals surface area contributed by atoms with Gasteiger partial charge in [-0.2, -0.15) is 0 Å². The minimum Gasteiger partial charge on any atom is -0.395 e. The Morgan fingerprint density at radius 1 is 1.38 bits per heavy atom. The van der Waals surface area contributed by atoms with Crippen LogP contribution in [-0.4, -0.2) is 41.7 Å². The van der Waals surface area contributed by atoms with Crippen LogP contribution in [0.4, 0.5) is 5.69 Å². The molecule has 1 amide bonds. The summed E-state index contributed by atoms with van der Waals surface area (Å²) in [6.45, 7) is 3.50. The van der Waals surface area contributed by atoms with Gasteiger partial charge in [-0.15, -0.1) is 0 Å². The number of hydrogen-bond acceptors (Lipinski definition) is 3. The summed E-state index contributed by atoms with van der Waals surface area (Å²) in [7, 11) is 0. The molecule has 21 heavy (non-hydrogen) atoms. The standard InChI is InChI=1S/C17H26N2O2/c1-2-14-7-6-8-15(11-14)18-17(21)12-19-10-5-3-4-9-16(19)13-20/h6-8,11,16,20H,2-5,9-10,12-13H2,1H3,(H,18,21). The Kier molecular flexibility index (Phi) is 6.21. The van der Waals surface area contributed by atoms with Crippen LogP contribution in [0, 0.1) is 0 Å². The number of benzene rings is 1. The van der Waals surface area contributed by atoms with E-state index in [0.717, 1.165) is 37.9 Å². The van der Waals surface area contributed by atoms with E-state index in [2.05, 4.69) is 23.2 Å². The SMILES string of the molecule is CCc1cccc(NC(=O)CN2CCCCCC2CO)c1. The first-order valence-electron chi connectivity index (χ1n) is 7.96. The molecule has 1 aromatic rings. The number of nitrogens with one attached hydrogen (secondary N) is 1. The van der Waals surface area contributed by atoms with E-state index in [9.17, 15) is 9.90 Å². The zero-order chi connectivity index (χ0) is 15.1. The fraction of sp³-hybridized carbons (Fsp3) is 0.588. The van der Waals surface area contributed by atoms with E-state index in [4.69, 9.17) is 0 Å². The van der Waals surface area contributed by atoms with Crippen molar-refractivity contribution >= 4 is 11.6 Å². The average Bonchev–Trinajstić information content (AvgIpc) is 2.72. The molecule has 0 bridgehead atoms. The lowest BCUT2D eigenvalue weighted by Crippen LogP contribution is -2.42. The Labute approximate surface area is 127 Å². The van der Waals surface area contributed by atoms with Crippen molar-refractivity contribution in [1.29, 1.82) is 0 Å². The minimum atomic E-state index is 0.00334. The largest absolute Gasteiger partial charge is 0.395 e. The van der Waals surface area contributed by atoms with Crippen molar-refractivity contribution in [3.63, 3.8) is 0 Å². The number of likely N-dealkylation sites (tertiary alicyclic amines) is 1. The lowest BCUT2D eigenvalue weighted by molar-refractivity contribution is -0.118. The maximum Gasteiger partial charge on any atom is 0.238 e. The van der Waals surface area contributed by atoms with Crippen LogP contribution >= 0.6 is 0 Å². The molecule has 1 atom stereocenters. The number of nitrogens with zero attached hydrogens (tertiary/aromatic N) is 1. The summed E-state index contributed by atoms with van der Waals surface area (Å²) in [5.41, 5.74) is 2.07. The van der Waals surface area contributed by atoms with Crippen molar-refractivity contribution in [3.05, 3.63) is 29.8 Å². The van der Waals surface area contributed by atoms with E-state index >= 15 is 0 Å². The molecule has 1 aliphatic rings. The molecule has 1 aliphatic heterocycles. The first kappa shape index (κ1) is 16.0. The third-order valence-corrected chi connectivity index (χ3v) is 4.18. The number of aliphatic hydroxyl groups excluding tert-OH is 1. The molecule has 4 nitrogen and oxygen atoms in total. The van der Waals surface area contributed by atoms with E-state index in [1.807, 2.05) is 18.2 Å². The highest BCUT2D eigenvalue weighted by Gasteiger charge is 2.22. The number of carbonyl (C=O) groups excluding carboxylic acids is 1. The number of aliphatic hydroxyl groups is 1. The Hall–Kier alpha value is -1.39. The van der Waals surface area contributed by atoms with Gasteiger partial charge in [0.25, 0.3) is 0 Å². The highest BCUT2D eigenvalue weighted by Crippen LogP contribution is 2.17. The van der Waals surface area contributed by atoms with Crippen LogP contribution in [0.15, 0.2) is 24.3 Å². The third-order valence-electron chi connectivity index (χ3n) is 4.18. The van der Waals surface area contributed by atoms with Crippen molar-refractivity contribution in [2.24, 2.45) is 0 Å². The Morgan fingerprint density at radius 3 is 3.00 bits per heavy atom. The third kappa shape index (κ3) is 4.83. The van der Waals surface area contributed by atoms with Gasteiger partial charge < -0.3 is 10.4 Å². The van der Waals surface area contributed by atoms with E-state index < -0.39 is 0 Å². The summed E-state index contributed by atoms with van der Waals surface area (Å²) >= 11 is 0. The maximum absolute atomic E-state index is 12.2. The second kappa shape index (κ2) is 8.15. The van der Waals surface area contributed by atoms with Gasteiger partial charge in [-0.3, -0.25) is 9.69 Å². The summed E-state index contributed by atoms with van der Waals surface area (Å²) in [5.74, 6) is 0.00334. The number of rotatable bonds is 5. The first-order chi connectivity index (χ1) is 10.2. The van der Waals surface area contributed by atoms with Gasteiger partial charge in [0.15, 0.2) is 0 Å². The molecule has 116 valence electrons. The Bertz CT molecular complexity index is 462. The van der Waals surface area contributed by atoms with Crippen molar-refractivity contribution in [2.75, 3.05) is 25.0 Å². The average molecular weight is 290 g/mol. The van der Waals surface area contributed by atoms with Gasteiger partial charge in [-0.05, 0) is 43.5 Å². The quantitative estimate of drug-likeness (QED) is 0.875. The van der Waals surface area contributed by atoms with Crippen LogP contribution < -0.4 is 5.32 Å². The van der Waals surface area contributed by atoms with E-state index in [1.165, 1.54) is 12.0 Å². The molecule has 1 heterocycles. The summed E-state index contributed by atoms with van der Waals surface area (Å²) in [6.07, 6.45) is 5.38. The van der Waals surface area contributed by atoms with Gasteiger partial charge in [0.2, 0.25) is 5.91 Å². The Balaban J connectivity index is 1.93. The fourth-order valence-electron chi connectivity index (χ4n) is 2.91. The summed E-state index contributed by atoms with van der Waals surface area (Å²) in [5, 5.41) is 12.5. The predicted octanol–water partition coefficient (Wildman–Crippen LogP) is 2.42. The minimum absolute atomic E-state index is 0.00334. The predicted molar refractivity (Wildman–Crippen MR) is 85.4 cm³/mol. The highest BCUT2D eigenvalue weighted by atomic mass is 16.3. The van der Waals surface area contributed by atoms with E-state index in [-0.39, 0.29) is 18.6 Å². The highest BCUT2D eigenvalue weighted by molar-refractivity contribution is 5.92. The zero-order valence-electron chi connectivity index (χ0n) is 12.8. The van der Waals surface area contributed by atoms with Crippen LogP contribution in [0.5, 0.6) is 0 Å². The molecule has 0 spiro atoms. The normalized spacial score (nSPS) is 20.0. The van der Waals surface area contributed by atoms with Crippen molar-refractivity contribution in [1.82, 2.24) is 4.90 Å². The van der Waals surface area contributed by atoms with Crippen LogP contribution in [-0.2, 0) is 11.2 Å². The van der Waals surface area contributed by atoms with Gasteiger partial charge in [-0.25, -0.2) is 0 Å². The van der Waals surface area contributed by atoms with Crippen molar-refractivity contribution < 1.29 is 9.90 Å². The van der Waals surface area contributed by atoms with Crippen LogP contribution in [0.3, 0.4) is 0 Å². The molecule has 0 saturated carbocycles. The van der Waals surface area contributed by atoms with E-state index in [1.54, 1.807) is 0 Å². The number of anilines is 1. The molecule has 0 radical (unpaired) electrons. The van der Waals surface area contributed by atoms with Gasteiger partial charge in [0, 0.05) is 11.7 Å². The Morgan fingerprint density at radius 2 is 2.24 bits per heavy atom. The summed E-state index contributed by atoms with van der Waals surface area (Å²) in [6, 6.07) is 8.09. The van der Waals surface area contributed by atoms with Crippen LogP contribution in [0.1, 0.15) is 38.2 Å². The topological polar surface area (TPSA) is 52.6 Å². The molecule has 0 aliphatic carbocycles. The monoisotopic (exact) mass is 290 g/mol. The van der Waals surface area contributed by atoms with Crippen LogP contribution in [0.25, 0.3) is 0 Å². The van der Waals surface area contributed by atoms with E-state index in [0.29, 0.717) is 6.54 Å². The molecular weight excluding hydrogens is 264 g/mol.